The lowest BCUT2D eigenvalue weighted by molar-refractivity contribution is -0.139. The highest BCUT2D eigenvalue weighted by Crippen LogP contribution is 2.28. The molecule has 0 spiro atoms. The molecular formula is C20H27N3O4. The van der Waals surface area contributed by atoms with Gasteiger partial charge in [0.2, 0.25) is 11.8 Å². The topological polar surface area (TPSA) is 87.7 Å². The molecule has 2 saturated heterocycles. The maximum absolute atomic E-state index is 12.5. The molecule has 0 atom stereocenters. The minimum absolute atomic E-state index is 0.0217. The van der Waals surface area contributed by atoms with Crippen LogP contribution in [-0.4, -0.2) is 56.0 Å². The largest absolute Gasteiger partial charge is 0.384 e. The fraction of sp³-hybridized carbons (Fsp3) is 0.550. The minimum Gasteiger partial charge on any atom is -0.384 e. The van der Waals surface area contributed by atoms with E-state index in [2.05, 4.69) is 10.6 Å². The highest BCUT2D eigenvalue weighted by molar-refractivity contribution is 6.01. The second-order valence-electron chi connectivity index (χ2n) is 7.44. The third-order valence-corrected chi connectivity index (χ3v) is 5.45. The zero-order valence-electron chi connectivity index (χ0n) is 15.8. The van der Waals surface area contributed by atoms with E-state index in [1.807, 2.05) is 0 Å². The molecule has 2 aliphatic rings. The second kappa shape index (κ2) is 8.63. The van der Waals surface area contributed by atoms with Gasteiger partial charge in [0.25, 0.3) is 5.91 Å². The number of rotatable bonds is 7. The van der Waals surface area contributed by atoms with E-state index < -0.39 is 0 Å². The van der Waals surface area contributed by atoms with E-state index in [0.717, 1.165) is 31.5 Å². The number of benzene rings is 1. The Balaban J connectivity index is 1.57. The average Bonchev–Trinajstić information content (AvgIpc) is 3.00. The van der Waals surface area contributed by atoms with Crippen molar-refractivity contribution in [2.75, 3.05) is 33.4 Å². The summed E-state index contributed by atoms with van der Waals surface area (Å²) < 4.78 is 5.38. The molecule has 0 unspecified atom stereocenters. The summed E-state index contributed by atoms with van der Waals surface area (Å²) in [7, 11) is 1.69. The summed E-state index contributed by atoms with van der Waals surface area (Å²) in [4.78, 5) is 37.2. The lowest BCUT2D eigenvalue weighted by Gasteiger charge is -2.37. The van der Waals surface area contributed by atoms with E-state index in [1.54, 1.807) is 31.4 Å². The Kier molecular flexibility index (Phi) is 6.23. The molecule has 27 heavy (non-hydrogen) atoms. The number of likely N-dealkylation sites (tertiary alicyclic amines) is 1. The van der Waals surface area contributed by atoms with Crippen LogP contribution in [0.5, 0.6) is 0 Å². The number of hydrogen-bond donors (Lipinski definition) is 2. The van der Waals surface area contributed by atoms with Crippen molar-refractivity contribution in [2.45, 2.75) is 32.2 Å². The van der Waals surface area contributed by atoms with E-state index in [4.69, 9.17) is 4.74 Å². The first-order chi connectivity index (χ1) is 13.0. The van der Waals surface area contributed by atoms with Gasteiger partial charge in [-0.2, -0.15) is 0 Å². The zero-order chi connectivity index (χ0) is 19.3. The summed E-state index contributed by atoms with van der Waals surface area (Å²) >= 11 is 0. The Morgan fingerprint density at radius 1 is 1.15 bits per heavy atom. The fourth-order valence-electron chi connectivity index (χ4n) is 3.75. The molecule has 7 heteroatoms. The molecule has 2 fully saturated rings. The number of nitrogens with zero attached hydrogens (tertiary/aromatic N) is 1. The summed E-state index contributed by atoms with van der Waals surface area (Å²) in [6, 6.07) is 7.06. The Morgan fingerprint density at radius 3 is 2.37 bits per heavy atom. The van der Waals surface area contributed by atoms with E-state index in [-0.39, 0.29) is 42.5 Å². The third-order valence-electron chi connectivity index (χ3n) is 5.45. The van der Waals surface area contributed by atoms with Crippen molar-refractivity contribution < 1.29 is 19.1 Å². The van der Waals surface area contributed by atoms with Crippen LogP contribution in [-0.2, 0) is 20.9 Å². The smallest absolute Gasteiger partial charge is 0.251 e. The normalized spacial score (nSPS) is 19.4. The molecule has 0 saturated carbocycles. The molecule has 3 amide bonds. The van der Waals surface area contributed by atoms with Crippen LogP contribution in [0.1, 0.15) is 41.6 Å². The molecule has 2 N–H and O–H groups in total. The molecule has 7 nitrogen and oxygen atoms in total. The van der Waals surface area contributed by atoms with Gasteiger partial charge in [0.05, 0.1) is 13.2 Å². The monoisotopic (exact) mass is 373 g/mol. The first kappa shape index (κ1) is 19.5. The van der Waals surface area contributed by atoms with Crippen LogP contribution in [0.3, 0.4) is 0 Å². The van der Waals surface area contributed by atoms with Gasteiger partial charge < -0.3 is 15.4 Å². The third kappa shape index (κ3) is 4.73. The number of nitrogens with one attached hydrogen (secondary N) is 2. The van der Waals surface area contributed by atoms with Crippen LogP contribution in [0.15, 0.2) is 24.3 Å². The van der Waals surface area contributed by atoms with Gasteiger partial charge in [-0.15, -0.1) is 0 Å². The highest BCUT2D eigenvalue weighted by Gasteiger charge is 2.32. The Morgan fingerprint density at radius 2 is 1.78 bits per heavy atom. The van der Waals surface area contributed by atoms with Crippen molar-refractivity contribution in [3.05, 3.63) is 35.4 Å². The van der Waals surface area contributed by atoms with Crippen molar-refractivity contribution in [1.29, 1.82) is 0 Å². The Bertz CT molecular complexity index is 674. The van der Waals surface area contributed by atoms with Crippen LogP contribution in [0.4, 0.5) is 0 Å². The first-order valence-electron chi connectivity index (χ1n) is 9.43. The van der Waals surface area contributed by atoms with Crippen molar-refractivity contribution in [2.24, 2.45) is 5.41 Å². The van der Waals surface area contributed by atoms with Gasteiger partial charge in [0.1, 0.15) is 0 Å². The molecule has 0 aliphatic carbocycles. The summed E-state index contributed by atoms with van der Waals surface area (Å²) in [5.41, 5.74) is 1.38. The number of carbonyl (C=O) groups is 3. The Labute approximate surface area is 159 Å². The molecular weight excluding hydrogens is 346 g/mol. The van der Waals surface area contributed by atoms with Crippen LogP contribution in [0.2, 0.25) is 0 Å². The van der Waals surface area contributed by atoms with Crippen LogP contribution >= 0.6 is 0 Å². The summed E-state index contributed by atoms with van der Waals surface area (Å²) in [5, 5.41) is 6.37. The van der Waals surface area contributed by atoms with E-state index in [0.29, 0.717) is 18.7 Å². The van der Waals surface area contributed by atoms with Gasteiger partial charge in [-0.1, -0.05) is 12.1 Å². The quantitative estimate of drug-likeness (QED) is 0.699. The molecule has 146 valence electrons. The van der Waals surface area contributed by atoms with E-state index >= 15 is 0 Å². The maximum atomic E-state index is 12.5. The number of hydrogen-bond acceptors (Lipinski definition) is 5. The summed E-state index contributed by atoms with van der Waals surface area (Å²) in [5.74, 6) is -0.386. The van der Waals surface area contributed by atoms with Gasteiger partial charge in [-0.3, -0.25) is 19.3 Å². The molecule has 2 aliphatic heterocycles. The van der Waals surface area contributed by atoms with Gasteiger partial charge >= 0.3 is 0 Å². The molecule has 3 rings (SSSR count). The second-order valence-corrected chi connectivity index (χ2v) is 7.44. The fourth-order valence-corrected chi connectivity index (χ4v) is 3.75. The van der Waals surface area contributed by atoms with Crippen molar-refractivity contribution in [3.63, 3.8) is 0 Å². The molecule has 1 aromatic rings. The SMILES string of the molecule is COCC1(CNC(=O)c2ccc(CN3C(=O)CCC3=O)cc2)CCNCC1. The minimum atomic E-state index is -0.132. The zero-order valence-corrected chi connectivity index (χ0v) is 15.8. The number of carbonyl (C=O) groups excluding carboxylic acids is 3. The van der Waals surface area contributed by atoms with E-state index in [1.165, 1.54) is 4.90 Å². The molecule has 0 radical (unpaired) electrons. The predicted octanol–water partition coefficient (Wildman–Crippen LogP) is 1.08. The van der Waals surface area contributed by atoms with Crippen molar-refractivity contribution in [1.82, 2.24) is 15.5 Å². The van der Waals surface area contributed by atoms with Crippen molar-refractivity contribution in [3.8, 4) is 0 Å². The molecule has 1 aromatic carbocycles. The molecule has 2 heterocycles. The number of methoxy groups -OCH3 is 1. The van der Waals surface area contributed by atoms with Gasteiger partial charge in [-0.05, 0) is 43.6 Å². The van der Waals surface area contributed by atoms with Crippen LogP contribution < -0.4 is 10.6 Å². The van der Waals surface area contributed by atoms with Gasteiger partial charge in [0, 0.05) is 37.5 Å². The number of imide groups is 1. The van der Waals surface area contributed by atoms with Crippen molar-refractivity contribution >= 4 is 17.7 Å². The standard InChI is InChI=1S/C20H27N3O4/c1-27-14-20(8-10-21-11-9-20)13-22-19(26)16-4-2-15(3-5-16)12-23-17(24)6-7-18(23)25/h2-5,21H,6-14H2,1H3,(H,22,26). The summed E-state index contributed by atoms with van der Waals surface area (Å²) in [6.07, 6.45) is 2.52. The first-order valence-corrected chi connectivity index (χ1v) is 9.43. The van der Waals surface area contributed by atoms with Crippen LogP contribution in [0.25, 0.3) is 0 Å². The average molecular weight is 373 g/mol. The Hall–Kier alpha value is -2.25. The summed E-state index contributed by atoms with van der Waals surface area (Å²) in [6.45, 7) is 3.35. The number of piperidine rings is 1. The molecule has 0 bridgehead atoms. The number of ether oxygens (including phenoxy) is 1. The van der Waals surface area contributed by atoms with Gasteiger partial charge in [0.15, 0.2) is 0 Å². The van der Waals surface area contributed by atoms with Crippen LogP contribution in [0, 0.1) is 5.41 Å². The lowest BCUT2D eigenvalue weighted by atomic mass is 9.79. The van der Waals surface area contributed by atoms with E-state index in [9.17, 15) is 14.4 Å². The lowest BCUT2D eigenvalue weighted by Crippen LogP contribution is -2.47. The molecule has 0 aromatic heterocycles. The highest BCUT2D eigenvalue weighted by atomic mass is 16.5. The number of amides is 3. The maximum Gasteiger partial charge on any atom is 0.251 e. The van der Waals surface area contributed by atoms with Gasteiger partial charge in [-0.25, -0.2) is 0 Å². The predicted molar refractivity (Wildman–Crippen MR) is 100.0 cm³/mol.